The van der Waals surface area contributed by atoms with Crippen molar-refractivity contribution in [1.29, 1.82) is 0 Å². The monoisotopic (exact) mass is 332 g/mol. The quantitative estimate of drug-likeness (QED) is 0.923. The van der Waals surface area contributed by atoms with Gasteiger partial charge in [-0.15, -0.1) is 0 Å². The Labute approximate surface area is 144 Å². The van der Waals surface area contributed by atoms with Crippen LogP contribution in [-0.2, 0) is 16.1 Å². The van der Waals surface area contributed by atoms with Crippen LogP contribution in [0.25, 0.3) is 0 Å². The molecule has 0 bridgehead atoms. The lowest BCUT2D eigenvalue weighted by molar-refractivity contribution is -0.127. The molecule has 2 rings (SSSR count). The molecule has 0 aromatic heterocycles. The van der Waals surface area contributed by atoms with E-state index in [0.717, 1.165) is 24.0 Å². The number of amides is 2. The number of ether oxygens (including phenoxy) is 1. The molecule has 1 aromatic carbocycles. The molecular weight excluding hydrogens is 304 g/mol. The highest BCUT2D eigenvalue weighted by molar-refractivity contribution is 5.85. The number of likely N-dealkylation sites (tertiary alicyclic amines) is 1. The summed E-state index contributed by atoms with van der Waals surface area (Å²) in [6, 6.07) is 7.52. The third kappa shape index (κ3) is 4.98. The fourth-order valence-corrected chi connectivity index (χ4v) is 2.85. The Morgan fingerprint density at radius 1 is 1.25 bits per heavy atom. The van der Waals surface area contributed by atoms with Crippen molar-refractivity contribution in [3.63, 3.8) is 0 Å². The van der Waals surface area contributed by atoms with Crippen LogP contribution in [0.1, 0.15) is 51.2 Å². The van der Waals surface area contributed by atoms with Crippen molar-refractivity contribution in [3.05, 3.63) is 35.4 Å². The molecule has 1 aliphatic rings. The first-order chi connectivity index (χ1) is 11.3. The van der Waals surface area contributed by atoms with E-state index in [9.17, 15) is 9.59 Å². The van der Waals surface area contributed by atoms with E-state index in [0.29, 0.717) is 19.5 Å². The fraction of sp³-hybridized carbons (Fsp3) is 0.579. The van der Waals surface area contributed by atoms with Crippen LogP contribution in [-0.4, -0.2) is 35.1 Å². The summed E-state index contributed by atoms with van der Waals surface area (Å²) in [7, 11) is 0. The van der Waals surface area contributed by atoms with E-state index >= 15 is 0 Å². The lowest BCUT2D eigenvalue weighted by atomic mass is 10.0. The number of nitrogens with one attached hydrogen (secondary N) is 1. The van der Waals surface area contributed by atoms with E-state index in [4.69, 9.17) is 4.74 Å². The maximum Gasteiger partial charge on any atom is 0.410 e. The zero-order valence-electron chi connectivity index (χ0n) is 15.1. The van der Waals surface area contributed by atoms with Gasteiger partial charge >= 0.3 is 6.09 Å². The number of carbonyl (C=O) groups is 2. The van der Waals surface area contributed by atoms with Crippen LogP contribution in [0.2, 0.25) is 0 Å². The highest BCUT2D eigenvalue weighted by atomic mass is 16.6. The molecule has 5 heteroatoms. The number of carbonyl (C=O) groups excluding carboxylic acids is 2. The maximum atomic E-state index is 12.6. The van der Waals surface area contributed by atoms with Gasteiger partial charge in [0.1, 0.15) is 11.6 Å². The zero-order chi connectivity index (χ0) is 17.7. The van der Waals surface area contributed by atoms with E-state index in [1.807, 2.05) is 52.0 Å². The minimum atomic E-state index is -0.559. The molecule has 1 aromatic rings. The van der Waals surface area contributed by atoms with Gasteiger partial charge < -0.3 is 10.1 Å². The molecule has 1 aliphatic heterocycles. The Bertz CT molecular complexity index is 593. The van der Waals surface area contributed by atoms with Crippen LogP contribution in [0.5, 0.6) is 0 Å². The molecular formula is C19H28N2O3. The first-order valence-electron chi connectivity index (χ1n) is 8.60. The molecule has 0 radical (unpaired) electrons. The number of aryl methyl sites for hydroxylation is 1. The highest BCUT2D eigenvalue weighted by Gasteiger charge is 2.34. The standard InChI is InChI=1S/C19H28N2O3/c1-14-9-5-6-10-15(14)13-20-17(22)16-11-7-8-12-21(16)18(23)24-19(2,3)4/h5-6,9-10,16H,7-8,11-13H2,1-4H3,(H,20,22)/t16-/m0/s1. The zero-order valence-corrected chi connectivity index (χ0v) is 15.1. The van der Waals surface area contributed by atoms with Gasteiger partial charge in [-0.2, -0.15) is 0 Å². The molecule has 1 fully saturated rings. The van der Waals surface area contributed by atoms with E-state index in [1.165, 1.54) is 0 Å². The van der Waals surface area contributed by atoms with E-state index in [1.54, 1.807) is 4.90 Å². The largest absolute Gasteiger partial charge is 0.444 e. The van der Waals surface area contributed by atoms with Gasteiger partial charge in [0, 0.05) is 13.1 Å². The summed E-state index contributed by atoms with van der Waals surface area (Å²) in [5.74, 6) is -0.108. The summed E-state index contributed by atoms with van der Waals surface area (Å²) in [5.41, 5.74) is 1.67. The Kier molecular flexibility index (Phi) is 5.86. The lowest BCUT2D eigenvalue weighted by Crippen LogP contribution is -2.53. The summed E-state index contributed by atoms with van der Waals surface area (Å²) < 4.78 is 5.45. The van der Waals surface area contributed by atoms with Gasteiger partial charge in [0.05, 0.1) is 0 Å². The average Bonchev–Trinajstić information content (AvgIpc) is 2.52. The number of piperidine rings is 1. The topological polar surface area (TPSA) is 58.6 Å². The van der Waals surface area contributed by atoms with Crippen molar-refractivity contribution in [2.75, 3.05) is 6.54 Å². The minimum Gasteiger partial charge on any atom is -0.444 e. The van der Waals surface area contributed by atoms with Gasteiger partial charge in [0.2, 0.25) is 5.91 Å². The third-order valence-corrected chi connectivity index (χ3v) is 4.15. The van der Waals surface area contributed by atoms with Crippen LogP contribution < -0.4 is 5.32 Å². The van der Waals surface area contributed by atoms with Crippen LogP contribution >= 0.6 is 0 Å². The van der Waals surface area contributed by atoms with Crippen LogP contribution in [0.4, 0.5) is 4.79 Å². The predicted molar refractivity (Wildman–Crippen MR) is 93.6 cm³/mol. The van der Waals surface area contributed by atoms with Crippen LogP contribution in [0, 0.1) is 6.92 Å². The first-order valence-corrected chi connectivity index (χ1v) is 8.60. The molecule has 0 aliphatic carbocycles. The number of hydrogen-bond acceptors (Lipinski definition) is 3. The Morgan fingerprint density at radius 2 is 1.96 bits per heavy atom. The number of hydrogen-bond donors (Lipinski definition) is 1. The fourth-order valence-electron chi connectivity index (χ4n) is 2.85. The molecule has 1 N–H and O–H groups in total. The first kappa shape index (κ1) is 18.3. The lowest BCUT2D eigenvalue weighted by Gasteiger charge is -2.35. The second-order valence-corrected chi connectivity index (χ2v) is 7.33. The van der Waals surface area contributed by atoms with Crippen molar-refractivity contribution in [2.24, 2.45) is 0 Å². The Morgan fingerprint density at radius 3 is 2.62 bits per heavy atom. The average molecular weight is 332 g/mol. The normalized spacial score (nSPS) is 18.2. The Hall–Kier alpha value is -2.04. The van der Waals surface area contributed by atoms with Gasteiger partial charge in [-0.1, -0.05) is 24.3 Å². The summed E-state index contributed by atoms with van der Waals surface area (Å²) in [4.78, 5) is 26.6. The molecule has 1 atom stereocenters. The smallest absolute Gasteiger partial charge is 0.410 e. The van der Waals surface area contributed by atoms with Gasteiger partial charge in [-0.05, 0) is 58.1 Å². The summed E-state index contributed by atoms with van der Waals surface area (Å²) in [6.07, 6.45) is 2.12. The van der Waals surface area contributed by atoms with Crippen molar-refractivity contribution in [3.8, 4) is 0 Å². The maximum absolute atomic E-state index is 12.6. The van der Waals surface area contributed by atoms with Crippen LogP contribution in [0.15, 0.2) is 24.3 Å². The van der Waals surface area contributed by atoms with E-state index in [-0.39, 0.29) is 5.91 Å². The highest BCUT2D eigenvalue weighted by Crippen LogP contribution is 2.21. The van der Waals surface area contributed by atoms with Crippen molar-refractivity contribution in [1.82, 2.24) is 10.2 Å². The third-order valence-electron chi connectivity index (χ3n) is 4.15. The number of benzene rings is 1. The SMILES string of the molecule is Cc1ccccc1CNC(=O)[C@@H]1CCCCN1C(=O)OC(C)(C)C. The molecule has 0 saturated carbocycles. The van der Waals surface area contributed by atoms with Gasteiger partial charge in [-0.25, -0.2) is 4.79 Å². The molecule has 0 spiro atoms. The number of nitrogens with zero attached hydrogens (tertiary/aromatic N) is 1. The molecule has 1 heterocycles. The second-order valence-electron chi connectivity index (χ2n) is 7.33. The van der Waals surface area contributed by atoms with E-state index in [2.05, 4.69) is 5.32 Å². The predicted octanol–water partition coefficient (Wildman–Crippen LogP) is 3.40. The van der Waals surface area contributed by atoms with Crippen LogP contribution in [0.3, 0.4) is 0 Å². The summed E-state index contributed by atoms with van der Waals surface area (Å²) in [6.45, 7) is 8.57. The van der Waals surface area contributed by atoms with Crippen molar-refractivity contribution >= 4 is 12.0 Å². The van der Waals surface area contributed by atoms with Gasteiger partial charge in [0.15, 0.2) is 0 Å². The van der Waals surface area contributed by atoms with Gasteiger partial charge in [-0.3, -0.25) is 9.69 Å². The Balaban J connectivity index is 2.00. The minimum absolute atomic E-state index is 0.108. The number of rotatable bonds is 3. The summed E-state index contributed by atoms with van der Waals surface area (Å²) >= 11 is 0. The molecule has 2 amide bonds. The molecule has 5 nitrogen and oxygen atoms in total. The molecule has 132 valence electrons. The van der Waals surface area contributed by atoms with E-state index < -0.39 is 17.7 Å². The molecule has 1 saturated heterocycles. The molecule has 0 unspecified atom stereocenters. The summed E-state index contributed by atoms with van der Waals surface area (Å²) in [5, 5.41) is 2.97. The second kappa shape index (κ2) is 7.69. The van der Waals surface area contributed by atoms with Gasteiger partial charge in [0.25, 0.3) is 0 Å². The van der Waals surface area contributed by atoms with Crippen molar-refractivity contribution < 1.29 is 14.3 Å². The molecule has 24 heavy (non-hydrogen) atoms. The van der Waals surface area contributed by atoms with Crippen molar-refractivity contribution in [2.45, 2.75) is 65.1 Å².